The van der Waals surface area contributed by atoms with Crippen molar-refractivity contribution in [2.45, 2.75) is 13.3 Å². The van der Waals surface area contributed by atoms with E-state index in [4.69, 9.17) is 10.8 Å². The Hall–Kier alpha value is -1.99. The number of carboxylic acids is 1. The number of aromatic carboxylic acids is 1. The molecule has 1 aromatic rings. The summed E-state index contributed by atoms with van der Waals surface area (Å²) < 4.78 is 0. The summed E-state index contributed by atoms with van der Waals surface area (Å²) in [4.78, 5) is 11.0. The second-order valence-corrected chi connectivity index (χ2v) is 3.73. The molecule has 0 aliphatic rings. The van der Waals surface area contributed by atoms with Gasteiger partial charge >= 0.3 is 5.97 Å². The summed E-state index contributed by atoms with van der Waals surface area (Å²) in [6.45, 7) is 2.62. The first-order valence-electron chi connectivity index (χ1n) is 5.33. The van der Waals surface area contributed by atoms with Gasteiger partial charge in [-0.2, -0.15) is 0 Å². The highest BCUT2D eigenvalue weighted by Gasteiger charge is 2.11. The SMILES string of the molecule is CNCCC#Cc1cc(C)cc(C(=O)O)c1N. The Morgan fingerprint density at radius 1 is 1.53 bits per heavy atom. The summed E-state index contributed by atoms with van der Waals surface area (Å²) >= 11 is 0. The molecule has 0 heterocycles. The van der Waals surface area contributed by atoms with E-state index in [0.29, 0.717) is 12.0 Å². The molecule has 17 heavy (non-hydrogen) atoms. The fraction of sp³-hybridized carbons (Fsp3) is 0.308. The van der Waals surface area contributed by atoms with Crippen LogP contribution in [0.15, 0.2) is 12.1 Å². The molecule has 0 atom stereocenters. The highest BCUT2D eigenvalue weighted by atomic mass is 16.4. The van der Waals surface area contributed by atoms with Crippen LogP contribution in [0.4, 0.5) is 5.69 Å². The first kappa shape index (κ1) is 13.1. The van der Waals surface area contributed by atoms with Crippen molar-refractivity contribution in [2.24, 2.45) is 0 Å². The van der Waals surface area contributed by atoms with Crippen LogP contribution in [0.25, 0.3) is 0 Å². The maximum atomic E-state index is 11.0. The van der Waals surface area contributed by atoms with E-state index in [0.717, 1.165) is 12.1 Å². The minimum Gasteiger partial charge on any atom is -0.478 e. The van der Waals surface area contributed by atoms with Crippen molar-refractivity contribution in [3.8, 4) is 11.8 Å². The number of aryl methyl sites for hydroxylation is 1. The molecule has 4 heteroatoms. The van der Waals surface area contributed by atoms with Gasteiger partial charge in [-0.3, -0.25) is 0 Å². The van der Waals surface area contributed by atoms with Crippen molar-refractivity contribution in [3.63, 3.8) is 0 Å². The van der Waals surface area contributed by atoms with Crippen LogP contribution in [-0.2, 0) is 0 Å². The topological polar surface area (TPSA) is 75.3 Å². The van der Waals surface area contributed by atoms with Crippen LogP contribution in [0.3, 0.4) is 0 Å². The van der Waals surface area contributed by atoms with Crippen molar-refractivity contribution < 1.29 is 9.90 Å². The Labute approximate surface area is 101 Å². The smallest absolute Gasteiger partial charge is 0.337 e. The number of nitrogen functional groups attached to an aromatic ring is 1. The molecule has 0 aliphatic carbocycles. The summed E-state index contributed by atoms with van der Waals surface area (Å²) in [5.41, 5.74) is 7.54. The third-order valence-electron chi connectivity index (χ3n) is 2.28. The molecular weight excluding hydrogens is 216 g/mol. The average Bonchev–Trinajstić information content (AvgIpc) is 2.28. The normalized spacial score (nSPS) is 9.53. The third kappa shape index (κ3) is 3.51. The van der Waals surface area contributed by atoms with E-state index in [1.807, 2.05) is 14.0 Å². The third-order valence-corrected chi connectivity index (χ3v) is 2.28. The van der Waals surface area contributed by atoms with Crippen LogP contribution < -0.4 is 11.1 Å². The Bertz CT molecular complexity index is 484. The van der Waals surface area contributed by atoms with Crippen LogP contribution in [0.2, 0.25) is 0 Å². The molecule has 0 saturated heterocycles. The first-order chi connectivity index (χ1) is 8.06. The Kier molecular flexibility index (Phi) is 4.56. The van der Waals surface area contributed by atoms with Crippen LogP contribution in [0.1, 0.15) is 27.9 Å². The van der Waals surface area contributed by atoms with Gasteiger partial charge in [-0.1, -0.05) is 11.8 Å². The van der Waals surface area contributed by atoms with Crippen LogP contribution in [0.5, 0.6) is 0 Å². The summed E-state index contributed by atoms with van der Waals surface area (Å²) in [5.74, 6) is 4.83. The van der Waals surface area contributed by atoms with E-state index in [9.17, 15) is 4.79 Å². The second kappa shape index (κ2) is 5.92. The van der Waals surface area contributed by atoms with E-state index < -0.39 is 5.97 Å². The molecule has 0 unspecified atom stereocenters. The van der Waals surface area contributed by atoms with E-state index in [2.05, 4.69) is 17.2 Å². The second-order valence-electron chi connectivity index (χ2n) is 3.73. The number of nitrogens with one attached hydrogen (secondary N) is 1. The minimum absolute atomic E-state index is 0.114. The number of benzene rings is 1. The van der Waals surface area contributed by atoms with Crippen LogP contribution in [-0.4, -0.2) is 24.7 Å². The molecule has 0 aromatic heterocycles. The van der Waals surface area contributed by atoms with E-state index in [1.165, 1.54) is 0 Å². The van der Waals surface area contributed by atoms with E-state index >= 15 is 0 Å². The van der Waals surface area contributed by atoms with E-state index in [-0.39, 0.29) is 11.3 Å². The van der Waals surface area contributed by atoms with Crippen molar-refractivity contribution >= 4 is 11.7 Å². The van der Waals surface area contributed by atoms with Gasteiger partial charge in [0.15, 0.2) is 0 Å². The number of nitrogens with two attached hydrogens (primary N) is 1. The van der Waals surface area contributed by atoms with Crippen molar-refractivity contribution in [3.05, 3.63) is 28.8 Å². The molecule has 0 radical (unpaired) electrons. The molecule has 4 nitrogen and oxygen atoms in total. The summed E-state index contributed by atoms with van der Waals surface area (Å²) in [6.07, 6.45) is 0.701. The largest absolute Gasteiger partial charge is 0.478 e. The molecular formula is C13H16N2O2. The zero-order chi connectivity index (χ0) is 12.8. The van der Waals surface area contributed by atoms with Gasteiger partial charge in [0.1, 0.15) is 0 Å². The molecule has 0 aliphatic heterocycles. The van der Waals surface area contributed by atoms with Crippen molar-refractivity contribution in [1.29, 1.82) is 0 Å². The quantitative estimate of drug-likeness (QED) is 0.416. The summed E-state index contributed by atoms with van der Waals surface area (Å²) in [7, 11) is 1.85. The number of anilines is 1. The number of rotatable bonds is 3. The number of hydrogen-bond donors (Lipinski definition) is 3. The molecule has 0 fully saturated rings. The zero-order valence-corrected chi connectivity index (χ0v) is 10.0. The lowest BCUT2D eigenvalue weighted by molar-refractivity contribution is 0.0698. The molecule has 1 rings (SSSR count). The lowest BCUT2D eigenvalue weighted by Gasteiger charge is -2.05. The fourth-order valence-electron chi connectivity index (χ4n) is 1.42. The highest BCUT2D eigenvalue weighted by Crippen LogP contribution is 2.19. The molecule has 0 bridgehead atoms. The highest BCUT2D eigenvalue weighted by molar-refractivity contribution is 5.95. The van der Waals surface area contributed by atoms with Gasteiger partial charge in [-0.05, 0) is 31.7 Å². The minimum atomic E-state index is -1.02. The fourth-order valence-corrected chi connectivity index (χ4v) is 1.42. The average molecular weight is 232 g/mol. The van der Waals surface area contributed by atoms with Crippen molar-refractivity contribution in [1.82, 2.24) is 5.32 Å². The van der Waals surface area contributed by atoms with Gasteiger partial charge in [0.25, 0.3) is 0 Å². The number of carboxylic acid groups (broad SMARTS) is 1. The van der Waals surface area contributed by atoms with E-state index in [1.54, 1.807) is 12.1 Å². The van der Waals surface area contributed by atoms with Crippen LogP contribution >= 0.6 is 0 Å². The van der Waals surface area contributed by atoms with Gasteiger partial charge in [-0.15, -0.1) is 0 Å². The Morgan fingerprint density at radius 3 is 2.82 bits per heavy atom. The first-order valence-corrected chi connectivity index (χ1v) is 5.33. The summed E-state index contributed by atoms with van der Waals surface area (Å²) in [5, 5.41) is 12.0. The molecule has 0 saturated carbocycles. The van der Waals surface area contributed by atoms with Gasteiger partial charge in [0.2, 0.25) is 0 Å². The van der Waals surface area contributed by atoms with Gasteiger partial charge < -0.3 is 16.2 Å². The Morgan fingerprint density at radius 2 is 2.24 bits per heavy atom. The zero-order valence-electron chi connectivity index (χ0n) is 10.0. The number of hydrogen-bond acceptors (Lipinski definition) is 3. The number of carbonyl (C=O) groups is 1. The summed E-state index contributed by atoms with van der Waals surface area (Å²) in [6, 6.07) is 3.35. The lowest BCUT2D eigenvalue weighted by Crippen LogP contribution is -2.06. The molecule has 0 spiro atoms. The predicted octanol–water partition coefficient (Wildman–Crippen LogP) is 1.24. The monoisotopic (exact) mass is 232 g/mol. The Balaban J connectivity index is 3.06. The van der Waals surface area contributed by atoms with Gasteiger partial charge in [0, 0.05) is 18.5 Å². The molecule has 0 amide bonds. The maximum absolute atomic E-state index is 11.0. The van der Waals surface area contributed by atoms with Crippen molar-refractivity contribution in [2.75, 3.05) is 19.3 Å². The standard InChI is InChI=1S/C13H16N2O2/c1-9-7-10(5-3-4-6-15-2)12(14)11(8-9)13(16)17/h7-8,15H,4,6,14H2,1-2H3,(H,16,17). The maximum Gasteiger partial charge on any atom is 0.337 e. The molecule has 90 valence electrons. The molecule has 1 aromatic carbocycles. The molecule has 4 N–H and O–H groups in total. The van der Waals surface area contributed by atoms with Gasteiger partial charge in [-0.25, -0.2) is 4.79 Å². The van der Waals surface area contributed by atoms with Crippen LogP contribution in [0, 0.1) is 18.8 Å². The lowest BCUT2D eigenvalue weighted by atomic mass is 10.0. The predicted molar refractivity (Wildman–Crippen MR) is 68.0 cm³/mol. The van der Waals surface area contributed by atoms with Gasteiger partial charge in [0.05, 0.1) is 11.3 Å².